The van der Waals surface area contributed by atoms with E-state index in [0.29, 0.717) is 18.9 Å². The zero-order chi connectivity index (χ0) is 13.8. The van der Waals surface area contributed by atoms with Crippen molar-refractivity contribution in [3.63, 3.8) is 0 Å². The Balaban J connectivity index is 1.90. The number of fused-ring (bicyclic) bond motifs is 1. The quantitative estimate of drug-likeness (QED) is 0.854. The van der Waals surface area contributed by atoms with Gasteiger partial charge in [0, 0.05) is 12.1 Å². The summed E-state index contributed by atoms with van der Waals surface area (Å²) in [4.78, 5) is 12.1. The predicted molar refractivity (Wildman–Crippen MR) is 76.3 cm³/mol. The second-order valence-electron chi connectivity index (χ2n) is 5.74. The highest BCUT2D eigenvalue weighted by Gasteiger charge is 2.14. The smallest absolute Gasteiger partial charge is 0.251 e. The van der Waals surface area contributed by atoms with Gasteiger partial charge in [-0.3, -0.25) is 4.79 Å². The Hall–Kier alpha value is -1.35. The van der Waals surface area contributed by atoms with Gasteiger partial charge in [0.1, 0.15) is 0 Å². The van der Waals surface area contributed by atoms with Crippen molar-refractivity contribution in [2.24, 2.45) is 5.92 Å². The van der Waals surface area contributed by atoms with Gasteiger partial charge in [0.2, 0.25) is 0 Å². The number of carbonyl (C=O) groups is 1. The number of amides is 1. The third kappa shape index (κ3) is 3.80. The number of rotatable bonds is 5. The SMILES string of the molecule is CC(O)CC(C)CNC(=O)c1ccc2c(c1)CCC2. The average Bonchev–Trinajstić information content (AvgIpc) is 2.82. The molecule has 1 aromatic carbocycles. The highest BCUT2D eigenvalue weighted by Crippen LogP contribution is 2.22. The Morgan fingerprint density at radius 3 is 2.79 bits per heavy atom. The van der Waals surface area contributed by atoms with Crippen LogP contribution in [0, 0.1) is 5.92 Å². The topological polar surface area (TPSA) is 49.3 Å². The molecular weight excluding hydrogens is 238 g/mol. The van der Waals surface area contributed by atoms with Crippen LogP contribution in [0.15, 0.2) is 18.2 Å². The van der Waals surface area contributed by atoms with E-state index < -0.39 is 0 Å². The third-order valence-electron chi connectivity index (χ3n) is 3.72. The Bertz CT molecular complexity index is 454. The first-order valence-electron chi connectivity index (χ1n) is 7.14. The van der Waals surface area contributed by atoms with E-state index in [1.807, 2.05) is 19.1 Å². The van der Waals surface area contributed by atoms with Crippen LogP contribution in [0.4, 0.5) is 0 Å². The first kappa shape index (κ1) is 14.1. The lowest BCUT2D eigenvalue weighted by atomic mass is 10.0. The molecule has 1 aromatic rings. The van der Waals surface area contributed by atoms with Crippen molar-refractivity contribution in [2.75, 3.05) is 6.54 Å². The zero-order valence-corrected chi connectivity index (χ0v) is 11.8. The molecule has 0 saturated carbocycles. The molecule has 1 aliphatic carbocycles. The number of benzene rings is 1. The Morgan fingerprint density at radius 1 is 1.32 bits per heavy atom. The standard InChI is InChI=1S/C16H23NO2/c1-11(8-12(2)18)10-17-16(19)15-7-6-13-4-3-5-14(13)9-15/h6-7,9,11-12,18H,3-5,8,10H2,1-2H3,(H,17,19). The molecule has 0 bridgehead atoms. The van der Waals surface area contributed by atoms with Gasteiger partial charge in [-0.05, 0) is 61.8 Å². The van der Waals surface area contributed by atoms with Crippen molar-refractivity contribution in [2.45, 2.75) is 45.6 Å². The van der Waals surface area contributed by atoms with E-state index in [1.54, 1.807) is 6.92 Å². The summed E-state index contributed by atoms with van der Waals surface area (Å²) in [5, 5.41) is 12.2. The Morgan fingerprint density at radius 2 is 2.05 bits per heavy atom. The molecule has 0 heterocycles. The van der Waals surface area contributed by atoms with E-state index >= 15 is 0 Å². The Kier molecular flexibility index (Phi) is 4.59. The fraction of sp³-hybridized carbons (Fsp3) is 0.562. The van der Waals surface area contributed by atoms with Crippen LogP contribution in [0.1, 0.15) is 48.2 Å². The van der Waals surface area contributed by atoms with E-state index in [-0.39, 0.29) is 12.0 Å². The van der Waals surface area contributed by atoms with E-state index in [1.165, 1.54) is 17.5 Å². The van der Waals surface area contributed by atoms with Crippen LogP contribution in [-0.4, -0.2) is 23.7 Å². The number of aliphatic hydroxyl groups is 1. The molecule has 19 heavy (non-hydrogen) atoms. The first-order chi connectivity index (χ1) is 9.06. The number of carbonyl (C=O) groups excluding carboxylic acids is 1. The average molecular weight is 261 g/mol. The van der Waals surface area contributed by atoms with Crippen molar-refractivity contribution in [3.8, 4) is 0 Å². The van der Waals surface area contributed by atoms with Crippen LogP contribution in [0.2, 0.25) is 0 Å². The molecule has 0 aromatic heterocycles. The lowest BCUT2D eigenvalue weighted by Gasteiger charge is -2.14. The molecule has 2 atom stereocenters. The largest absolute Gasteiger partial charge is 0.393 e. The van der Waals surface area contributed by atoms with Gasteiger partial charge in [-0.15, -0.1) is 0 Å². The maximum atomic E-state index is 12.1. The maximum absolute atomic E-state index is 12.1. The lowest BCUT2D eigenvalue weighted by Crippen LogP contribution is -2.29. The molecular formula is C16H23NO2. The zero-order valence-electron chi connectivity index (χ0n) is 11.8. The molecule has 1 amide bonds. The number of hydrogen-bond acceptors (Lipinski definition) is 2. The van der Waals surface area contributed by atoms with E-state index in [9.17, 15) is 9.90 Å². The van der Waals surface area contributed by atoms with Gasteiger partial charge in [0.05, 0.1) is 6.10 Å². The predicted octanol–water partition coefficient (Wildman–Crippen LogP) is 2.31. The third-order valence-corrected chi connectivity index (χ3v) is 3.72. The van der Waals surface area contributed by atoms with Crippen LogP contribution >= 0.6 is 0 Å². The molecule has 0 spiro atoms. The highest BCUT2D eigenvalue weighted by molar-refractivity contribution is 5.94. The highest BCUT2D eigenvalue weighted by atomic mass is 16.3. The van der Waals surface area contributed by atoms with E-state index in [2.05, 4.69) is 11.4 Å². The molecule has 0 aliphatic heterocycles. The van der Waals surface area contributed by atoms with Gasteiger partial charge in [0.25, 0.3) is 5.91 Å². The second kappa shape index (κ2) is 6.20. The van der Waals surface area contributed by atoms with E-state index in [0.717, 1.165) is 18.4 Å². The molecule has 0 radical (unpaired) electrons. The maximum Gasteiger partial charge on any atom is 0.251 e. The van der Waals surface area contributed by atoms with Crippen molar-refractivity contribution >= 4 is 5.91 Å². The molecule has 3 heteroatoms. The van der Waals surface area contributed by atoms with Crippen molar-refractivity contribution in [3.05, 3.63) is 34.9 Å². The van der Waals surface area contributed by atoms with Crippen LogP contribution in [0.25, 0.3) is 0 Å². The molecule has 3 nitrogen and oxygen atoms in total. The summed E-state index contributed by atoms with van der Waals surface area (Å²) in [5.41, 5.74) is 3.47. The second-order valence-corrected chi connectivity index (χ2v) is 5.74. The molecule has 2 N–H and O–H groups in total. The number of aliphatic hydroxyl groups excluding tert-OH is 1. The van der Waals surface area contributed by atoms with E-state index in [4.69, 9.17) is 0 Å². The van der Waals surface area contributed by atoms with Gasteiger partial charge in [-0.2, -0.15) is 0 Å². The monoisotopic (exact) mass is 261 g/mol. The first-order valence-corrected chi connectivity index (χ1v) is 7.14. The van der Waals surface area contributed by atoms with Crippen LogP contribution in [0.3, 0.4) is 0 Å². The van der Waals surface area contributed by atoms with Gasteiger partial charge in [-0.25, -0.2) is 0 Å². The van der Waals surface area contributed by atoms with Crippen molar-refractivity contribution < 1.29 is 9.90 Å². The normalized spacial score (nSPS) is 16.8. The Labute approximate surface area is 115 Å². The molecule has 0 fully saturated rings. The number of aryl methyl sites for hydroxylation is 2. The van der Waals surface area contributed by atoms with Crippen LogP contribution in [-0.2, 0) is 12.8 Å². The summed E-state index contributed by atoms with van der Waals surface area (Å²) >= 11 is 0. The number of nitrogens with one attached hydrogen (secondary N) is 1. The molecule has 104 valence electrons. The summed E-state index contributed by atoms with van der Waals surface area (Å²) in [5.74, 6) is 0.283. The summed E-state index contributed by atoms with van der Waals surface area (Å²) in [6, 6.07) is 6.02. The minimum Gasteiger partial charge on any atom is -0.393 e. The minimum atomic E-state index is -0.313. The summed E-state index contributed by atoms with van der Waals surface area (Å²) in [7, 11) is 0. The summed E-state index contributed by atoms with van der Waals surface area (Å²) in [6.07, 6.45) is 3.83. The fourth-order valence-electron chi connectivity index (χ4n) is 2.75. The van der Waals surface area contributed by atoms with Crippen molar-refractivity contribution in [1.82, 2.24) is 5.32 Å². The molecule has 2 rings (SSSR count). The summed E-state index contributed by atoms with van der Waals surface area (Å²) in [6.45, 7) is 4.43. The molecule has 2 unspecified atom stereocenters. The van der Waals surface area contributed by atoms with Gasteiger partial charge in [0.15, 0.2) is 0 Å². The number of hydrogen-bond donors (Lipinski definition) is 2. The van der Waals surface area contributed by atoms with Crippen molar-refractivity contribution in [1.29, 1.82) is 0 Å². The van der Waals surface area contributed by atoms with Gasteiger partial charge >= 0.3 is 0 Å². The van der Waals surface area contributed by atoms with Gasteiger partial charge in [-0.1, -0.05) is 13.0 Å². The van der Waals surface area contributed by atoms with Crippen LogP contribution < -0.4 is 5.32 Å². The summed E-state index contributed by atoms with van der Waals surface area (Å²) < 4.78 is 0. The van der Waals surface area contributed by atoms with Crippen LogP contribution in [0.5, 0.6) is 0 Å². The lowest BCUT2D eigenvalue weighted by molar-refractivity contribution is 0.0939. The molecule has 1 aliphatic rings. The van der Waals surface area contributed by atoms with Gasteiger partial charge < -0.3 is 10.4 Å². The fourth-order valence-corrected chi connectivity index (χ4v) is 2.75. The minimum absolute atomic E-state index is 0.00728. The molecule has 0 saturated heterocycles.